The lowest BCUT2D eigenvalue weighted by atomic mass is 10.2. The SMILES string of the molecule is OCCOCCNCc1c(Cl)ccc(Cl)c1Cl. The molecule has 3 nitrogen and oxygen atoms in total. The molecule has 0 aromatic heterocycles. The molecule has 6 heteroatoms. The van der Waals surface area contributed by atoms with E-state index >= 15 is 0 Å². The molecule has 96 valence electrons. The highest BCUT2D eigenvalue weighted by atomic mass is 35.5. The van der Waals surface area contributed by atoms with Crippen molar-refractivity contribution >= 4 is 34.8 Å². The van der Waals surface area contributed by atoms with E-state index in [1.54, 1.807) is 12.1 Å². The number of halogens is 3. The number of hydrogen-bond donors (Lipinski definition) is 2. The third-order valence-electron chi connectivity index (χ3n) is 2.10. The molecule has 0 radical (unpaired) electrons. The van der Waals surface area contributed by atoms with Gasteiger partial charge in [-0.3, -0.25) is 0 Å². The Morgan fingerprint density at radius 3 is 2.53 bits per heavy atom. The maximum atomic E-state index is 8.51. The fraction of sp³-hybridized carbons (Fsp3) is 0.455. The van der Waals surface area contributed by atoms with Crippen molar-refractivity contribution < 1.29 is 9.84 Å². The molecule has 0 aliphatic carbocycles. The Labute approximate surface area is 116 Å². The molecule has 0 saturated carbocycles. The zero-order valence-corrected chi connectivity index (χ0v) is 11.4. The van der Waals surface area contributed by atoms with Crippen LogP contribution in [0.4, 0.5) is 0 Å². The standard InChI is InChI=1S/C11H14Cl3NO2/c12-9-1-2-10(13)11(14)8(9)7-15-3-5-17-6-4-16/h1-2,15-16H,3-7H2. The Bertz CT molecular complexity index is 361. The number of ether oxygens (including phenoxy) is 1. The number of rotatable bonds is 7. The zero-order valence-electron chi connectivity index (χ0n) is 9.18. The van der Waals surface area contributed by atoms with Crippen LogP contribution in [0.1, 0.15) is 5.56 Å². The monoisotopic (exact) mass is 297 g/mol. The van der Waals surface area contributed by atoms with Gasteiger partial charge in [0.15, 0.2) is 0 Å². The summed E-state index contributed by atoms with van der Waals surface area (Å²) >= 11 is 18.0. The first-order valence-corrected chi connectivity index (χ1v) is 6.32. The minimum atomic E-state index is 0.0337. The van der Waals surface area contributed by atoms with Crippen molar-refractivity contribution in [3.8, 4) is 0 Å². The van der Waals surface area contributed by atoms with Crippen LogP contribution in [0.2, 0.25) is 15.1 Å². The average molecular weight is 299 g/mol. The lowest BCUT2D eigenvalue weighted by molar-refractivity contribution is 0.0938. The van der Waals surface area contributed by atoms with E-state index in [1.807, 2.05) is 0 Å². The van der Waals surface area contributed by atoms with Crippen LogP contribution in [0.25, 0.3) is 0 Å². The molecule has 1 aromatic rings. The Hall–Kier alpha value is -0.0300. The normalized spacial score (nSPS) is 10.8. The van der Waals surface area contributed by atoms with Gasteiger partial charge in [-0.15, -0.1) is 0 Å². The maximum absolute atomic E-state index is 8.51. The molecule has 1 rings (SSSR count). The summed E-state index contributed by atoms with van der Waals surface area (Å²) in [5, 5.41) is 13.2. The van der Waals surface area contributed by atoms with Crippen LogP contribution in [0.15, 0.2) is 12.1 Å². The van der Waals surface area contributed by atoms with Gasteiger partial charge in [-0.05, 0) is 12.1 Å². The largest absolute Gasteiger partial charge is 0.394 e. The zero-order chi connectivity index (χ0) is 12.7. The summed E-state index contributed by atoms with van der Waals surface area (Å²) in [6.45, 7) is 2.09. The predicted octanol–water partition coefficient (Wildman–Crippen LogP) is 2.75. The highest BCUT2D eigenvalue weighted by Gasteiger charge is 2.08. The van der Waals surface area contributed by atoms with Crippen molar-refractivity contribution in [1.82, 2.24) is 5.32 Å². The molecule has 0 bridgehead atoms. The molecule has 0 amide bonds. The maximum Gasteiger partial charge on any atom is 0.0698 e. The summed E-state index contributed by atoms with van der Waals surface area (Å²) in [5.74, 6) is 0. The molecule has 0 unspecified atom stereocenters. The fourth-order valence-electron chi connectivity index (χ4n) is 1.26. The van der Waals surface area contributed by atoms with Gasteiger partial charge in [-0.1, -0.05) is 34.8 Å². The molecule has 0 aliphatic heterocycles. The number of aliphatic hydroxyl groups excluding tert-OH is 1. The van der Waals surface area contributed by atoms with Gasteiger partial charge in [-0.25, -0.2) is 0 Å². The third kappa shape index (κ3) is 5.00. The molecule has 17 heavy (non-hydrogen) atoms. The lowest BCUT2D eigenvalue weighted by Crippen LogP contribution is -2.20. The van der Waals surface area contributed by atoms with Gasteiger partial charge in [0.25, 0.3) is 0 Å². The number of nitrogens with one attached hydrogen (secondary N) is 1. The number of hydrogen-bond acceptors (Lipinski definition) is 3. The minimum absolute atomic E-state index is 0.0337. The van der Waals surface area contributed by atoms with E-state index in [0.717, 1.165) is 5.56 Å². The van der Waals surface area contributed by atoms with Crippen molar-refractivity contribution in [3.63, 3.8) is 0 Å². The van der Waals surface area contributed by atoms with Crippen LogP contribution in [-0.4, -0.2) is 31.5 Å². The van der Waals surface area contributed by atoms with Gasteiger partial charge < -0.3 is 15.2 Å². The quantitative estimate of drug-likeness (QED) is 0.601. The minimum Gasteiger partial charge on any atom is -0.394 e. The average Bonchev–Trinajstić information content (AvgIpc) is 2.32. The first-order valence-electron chi connectivity index (χ1n) is 5.18. The third-order valence-corrected chi connectivity index (χ3v) is 3.30. The molecule has 0 fully saturated rings. The Morgan fingerprint density at radius 1 is 1.12 bits per heavy atom. The van der Waals surface area contributed by atoms with Crippen LogP contribution >= 0.6 is 34.8 Å². The molecule has 2 N–H and O–H groups in total. The Balaban J connectivity index is 2.39. The van der Waals surface area contributed by atoms with Gasteiger partial charge in [-0.2, -0.15) is 0 Å². The van der Waals surface area contributed by atoms with Gasteiger partial charge >= 0.3 is 0 Å². The van der Waals surface area contributed by atoms with E-state index < -0.39 is 0 Å². The highest BCUT2D eigenvalue weighted by Crippen LogP contribution is 2.31. The van der Waals surface area contributed by atoms with Crippen molar-refractivity contribution in [1.29, 1.82) is 0 Å². The number of aliphatic hydroxyl groups is 1. The Kier molecular flexibility index (Phi) is 7.19. The van der Waals surface area contributed by atoms with Crippen molar-refractivity contribution in [3.05, 3.63) is 32.8 Å². The summed E-state index contributed by atoms with van der Waals surface area (Å²) in [6, 6.07) is 3.38. The predicted molar refractivity (Wildman–Crippen MR) is 71.1 cm³/mol. The molecule has 0 saturated heterocycles. The topological polar surface area (TPSA) is 41.5 Å². The first-order chi connectivity index (χ1) is 8.16. The highest BCUT2D eigenvalue weighted by molar-refractivity contribution is 6.44. The lowest BCUT2D eigenvalue weighted by Gasteiger charge is -2.10. The number of benzene rings is 1. The van der Waals surface area contributed by atoms with E-state index in [9.17, 15) is 0 Å². The van der Waals surface area contributed by atoms with Crippen LogP contribution in [-0.2, 0) is 11.3 Å². The van der Waals surface area contributed by atoms with E-state index in [4.69, 9.17) is 44.6 Å². The van der Waals surface area contributed by atoms with Crippen LogP contribution in [0.5, 0.6) is 0 Å². The second kappa shape index (κ2) is 8.14. The summed E-state index contributed by atoms with van der Waals surface area (Å²) < 4.78 is 5.10. The molecular formula is C11H14Cl3NO2. The molecule has 0 atom stereocenters. The summed E-state index contributed by atoms with van der Waals surface area (Å²) in [7, 11) is 0. The first kappa shape index (κ1) is 15.0. The molecular weight excluding hydrogens is 284 g/mol. The Morgan fingerprint density at radius 2 is 1.82 bits per heavy atom. The van der Waals surface area contributed by atoms with E-state index in [0.29, 0.717) is 41.4 Å². The van der Waals surface area contributed by atoms with Crippen LogP contribution < -0.4 is 5.32 Å². The fourth-order valence-corrected chi connectivity index (χ4v) is 1.94. The summed E-state index contributed by atoms with van der Waals surface area (Å²) in [6.07, 6.45) is 0. The van der Waals surface area contributed by atoms with E-state index in [2.05, 4.69) is 5.32 Å². The molecule has 1 aromatic carbocycles. The second-order valence-corrected chi connectivity index (χ2v) is 4.53. The molecule has 0 spiro atoms. The summed E-state index contributed by atoms with van der Waals surface area (Å²) in [4.78, 5) is 0. The smallest absolute Gasteiger partial charge is 0.0698 e. The van der Waals surface area contributed by atoms with Gasteiger partial charge in [0.05, 0.1) is 29.9 Å². The summed E-state index contributed by atoms with van der Waals surface area (Å²) in [5.41, 5.74) is 0.781. The van der Waals surface area contributed by atoms with Gasteiger partial charge in [0.1, 0.15) is 0 Å². The molecule has 0 heterocycles. The van der Waals surface area contributed by atoms with Crippen molar-refractivity contribution in [2.75, 3.05) is 26.4 Å². The van der Waals surface area contributed by atoms with Crippen LogP contribution in [0, 0.1) is 0 Å². The van der Waals surface area contributed by atoms with Crippen molar-refractivity contribution in [2.45, 2.75) is 6.54 Å². The van der Waals surface area contributed by atoms with E-state index in [1.165, 1.54) is 0 Å². The van der Waals surface area contributed by atoms with Gasteiger partial charge in [0.2, 0.25) is 0 Å². The van der Waals surface area contributed by atoms with Gasteiger partial charge in [0, 0.05) is 23.7 Å². The van der Waals surface area contributed by atoms with Crippen molar-refractivity contribution in [2.24, 2.45) is 0 Å². The van der Waals surface area contributed by atoms with Crippen LogP contribution in [0.3, 0.4) is 0 Å². The van der Waals surface area contributed by atoms with E-state index in [-0.39, 0.29) is 6.61 Å². The second-order valence-electron chi connectivity index (χ2n) is 3.33. The molecule has 0 aliphatic rings.